The third-order valence-electron chi connectivity index (χ3n) is 13.8. The molecule has 86 heavy (non-hydrogen) atoms. The molecule has 2 saturated heterocycles. The summed E-state index contributed by atoms with van der Waals surface area (Å²) in [5.41, 5.74) is 19.7. The van der Waals surface area contributed by atoms with Crippen molar-refractivity contribution in [2.45, 2.75) is 24.8 Å². The van der Waals surface area contributed by atoms with Crippen LogP contribution >= 0.6 is 22.9 Å². The molecule has 0 atom stereocenters. The molecule has 4 aliphatic rings. The molecule has 7 aromatic rings. The van der Waals surface area contributed by atoms with E-state index in [0.29, 0.717) is 125 Å². The van der Waals surface area contributed by atoms with E-state index in [1.807, 2.05) is 66.9 Å². The van der Waals surface area contributed by atoms with Gasteiger partial charge in [-0.1, -0.05) is 77.5 Å². The van der Waals surface area contributed by atoms with Crippen molar-refractivity contribution in [3.63, 3.8) is 0 Å². The Morgan fingerprint density at radius 2 is 1.38 bits per heavy atom. The fourth-order valence-electron chi connectivity index (χ4n) is 9.50. The zero-order valence-corrected chi connectivity index (χ0v) is 50.3. The fourth-order valence-corrected chi connectivity index (χ4v) is 11.8. The number of H-pyrrole nitrogens is 1. The van der Waals surface area contributed by atoms with Gasteiger partial charge >= 0.3 is 0 Å². The van der Waals surface area contributed by atoms with Crippen LogP contribution in [0.25, 0.3) is 66.1 Å². The number of phenols is 1. The van der Waals surface area contributed by atoms with E-state index >= 15 is 0 Å². The number of nitrogens with one attached hydrogen (secondary N) is 2. The number of pyridine rings is 1. The van der Waals surface area contributed by atoms with Gasteiger partial charge in [-0.2, -0.15) is 0 Å². The Morgan fingerprint density at radius 1 is 0.733 bits per heavy atom. The molecule has 0 spiro atoms. The maximum absolute atomic E-state index is 12.6. The lowest BCUT2D eigenvalue weighted by Gasteiger charge is -2.28. The minimum atomic E-state index is -3.47. The molecular formula is C62H70ClN9O12S2. The molecule has 6 heterocycles. The number of thiazole rings is 1. The van der Waals surface area contributed by atoms with Crippen LogP contribution in [0.2, 0.25) is 5.02 Å². The number of halogens is 1. The molecule has 454 valence electrons. The molecule has 0 bridgehead atoms. The number of para-hydroxylation sites is 1. The van der Waals surface area contributed by atoms with Crippen molar-refractivity contribution in [1.82, 2.24) is 19.9 Å². The molecule has 11 rings (SSSR count). The Morgan fingerprint density at radius 3 is 2.06 bits per heavy atom. The predicted octanol–water partition coefficient (Wildman–Crippen LogP) is 8.56. The van der Waals surface area contributed by atoms with Gasteiger partial charge in [-0.3, -0.25) is 9.59 Å². The Kier molecular flexibility index (Phi) is 22.6. The van der Waals surface area contributed by atoms with E-state index in [0.717, 1.165) is 87.5 Å². The number of anilines is 3. The molecule has 24 heteroatoms. The van der Waals surface area contributed by atoms with Gasteiger partial charge in [-0.15, -0.1) is 0 Å². The highest BCUT2D eigenvalue weighted by Crippen LogP contribution is 2.39. The summed E-state index contributed by atoms with van der Waals surface area (Å²) in [5, 5.41) is 14.8. The first-order chi connectivity index (χ1) is 41.8. The molecule has 0 saturated carbocycles. The topological polar surface area (TPSA) is 282 Å². The first kappa shape index (κ1) is 63.1. The number of hydrogen-bond donors (Lipinski definition) is 5. The standard InChI is InChI=1S/C22H32ClN3O7S2.C20H18N4O2.C20H20N2O3/c1-16-21(17-3-4-18(23)19(15-17)35(2,28)29)34-22(25-16)26-20(27)5-7-30-9-11-32-13-14-33-12-10-31-8-6-24;25-14-4-1-3-13(11-14)19-22-18-15-5-2-6-21-17(15)12-16(18)20(23-19)24-7-9-26-10-8-24;21-13-14-4-6-15(7-5-14)16-2-1-3-17-18(23)12-19(25-20(16)17)22-8-10-24-11-9-22/h3-4,15H,5-14,24H2,1-2H3,(H,25,26,27);1-6,11-12,21,25H,7-10H2;1-7,12H,8-11,13,21H2. The van der Waals surface area contributed by atoms with Crippen LogP contribution in [0.15, 0.2) is 129 Å². The maximum Gasteiger partial charge on any atom is 0.228 e. The summed E-state index contributed by atoms with van der Waals surface area (Å²) in [5.74, 6) is 2.11. The number of carbonyl (C=O) groups is 1. The second-order valence-electron chi connectivity index (χ2n) is 19.9. The van der Waals surface area contributed by atoms with E-state index in [-0.39, 0.29) is 40.0 Å². The summed E-state index contributed by atoms with van der Waals surface area (Å²) in [6.45, 7) is 12.0. The minimum Gasteiger partial charge on any atom is -0.508 e. The van der Waals surface area contributed by atoms with E-state index in [2.05, 4.69) is 37.2 Å². The van der Waals surface area contributed by atoms with E-state index in [9.17, 15) is 23.1 Å². The lowest BCUT2D eigenvalue weighted by Crippen LogP contribution is -2.37. The van der Waals surface area contributed by atoms with E-state index < -0.39 is 9.84 Å². The Labute approximate surface area is 507 Å². The van der Waals surface area contributed by atoms with Crippen molar-refractivity contribution in [3.8, 4) is 50.0 Å². The zero-order chi connectivity index (χ0) is 60.4. The number of fused-ring (bicyclic) bond motifs is 4. The number of amides is 1. The highest BCUT2D eigenvalue weighted by atomic mass is 35.5. The highest BCUT2D eigenvalue weighted by Gasteiger charge is 2.24. The number of morpholine rings is 2. The molecule has 21 nitrogen and oxygen atoms in total. The summed E-state index contributed by atoms with van der Waals surface area (Å²) >= 11 is 7.29. The minimum absolute atomic E-state index is 0.0248. The van der Waals surface area contributed by atoms with E-state index in [1.54, 1.807) is 37.3 Å². The molecular weight excluding hydrogens is 1160 g/mol. The number of sulfone groups is 1. The molecule has 7 N–H and O–H groups in total. The summed E-state index contributed by atoms with van der Waals surface area (Å²) in [4.78, 5) is 47.3. The number of carbonyl (C=O) groups excluding carboxylic acids is 1. The quantitative estimate of drug-likeness (QED) is 0.0397. The number of aromatic nitrogens is 4. The fraction of sp³-hybridized carbons (Fsp3) is 0.339. The number of nitrogens with zero attached hydrogens (tertiary/aromatic N) is 5. The summed E-state index contributed by atoms with van der Waals surface area (Å²) in [6.07, 6.45) is 3.19. The third-order valence-corrected chi connectivity index (χ3v) is 16.5. The number of aromatic amines is 1. The van der Waals surface area contributed by atoms with Crippen molar-refractivity contribution in [2.75, 3.05) is 133 Å². The molecule has 3 aliphatic heterocycles. The molecule has 2 fully saturated rings. The van der Waals surface area contributed by atoms with Crippen molar-refractivity contribution in [1.29, 1.82) is 0 Å². The van der Waals surface area contributed by atoms with Crippen LogP contribution in [-0.2, 0) is 49.6 Å². The highest BCUT2D eigenvalue weighted by molar-refractivity contribution is 7.90. The van der Waals surface area contributed by atoms with Gasteiger partial charge in [0, 0.05) is 85.6 Å². The smallest absolute Gasteiger partial charge is 0.228 e. The van der Waals surface area contributed by atoms with E-state index in [1.165, 1.54) is 17.4 Å². The summed E-state index contributed by atoms with van der Waals surface area (Å²) < 4.78 is 62.3. The molecule has 0 radical (unpaired) electrons. The molecule has 3 aromatic heterocycles. The Balaban J connectivity index is 0.000000157. The zero-order valence-electron chi connectivity index (χ0n) is 47.9. The van der Waals surface area contributed by atoms with Crippen LogP contribution < -0.4 is 32.0 Å². The molecule has 1 amide bonds. The normalized spacial score (nSPS) is 13.6. The van der Waals surface area contributed by atoms with Gasteiger partial charge in [0.2, 0.25) is 5.91 Å². The lowest BCUT2D eigenvalue weighted by molar-refractivity contribution is -0.117. The van der Waals surface area contributed by atoms with Gasteiger partial charge in [0.1, 0.15) is 17.2 Å². The van der Waals surface area contributed by atoms with Crippen molar-refractivity contribution in [2.24, 2.45) is 11.5 Å². The monoisotopic (exact) mass is 1230 g/mol. The molecule has 1 aliphatic carbocycles. The van der Waals surface area contributed by atoms with Crippen LogP contribution in [0, 0.1) is 6.92 Å². The molecule has 4 aromatic carbocycles. The largest absolute Gasteiger partial charge is 0.508 e. The predicted molar refractivity (Wildman–Crippen MR) is 335 cm³/mol. The number of aromatic hydroxyl groups is 1. The van der Waals surface area contributed by atoms with E-state index in [4.69, 9.17) is 65.9 Å². The first-order valence-corrected chi connectivity index (χ1v) is 31.2. The number of nitrogens with two attached hydrogens (primary N) is 2. The second kappa shape index (κ2) is 30.8. The van der Waals surface area contributed by atoms with Crippen molar-refractivity contribution < 1.29 is 51.2 Å². The van der Waals surface area contributed by atoms with Crippen LogP contribution in [0.4, 0.5) is 16.8 Å². The molecule has 0 unspecified atom stereocenters. The van der Waals surface area contributed by atoms with Crippen LogP contribution in [-0.4, -0.2) is 158 Å². The van der Waals surface area contributed by atoms with Crippen molar-refractivity contribution >= 4 is 77.4 Å². The van der Waals surface area contributed by atoms with Gasteiger partial charge in [-0.25, -0.2) is 23.4 Å². The Bertz CT molecular complexity index is 3830. The Hall–Kier alpha value is -7.39. The average Bonchev–Trinajstić information content (AvgIpc) is 2.07. The SMILES string of the molecule is Cc1nc(NC(=O)CCOCCOCCOCCOCCN)sc1-c1ccc(Cl)c(S(C)(=O)=O)c1.NCc1ccc(-c2cccc3c(=O)cc(N4CCOCC4)oc23)cc1.Oc1cccc(-c2nc(N3CCOCC3)c3cc4[nH]cccc-4c3n2)c1. The van der Waals surface area contributed by atoms with Crippen molar-refractivity contribution in [3.05, 3.63) is 142 Å². The maximum atomic E-state index is 12.6. The van der Waals surface area contributed by atoms with Gasteiger partial charge < -0.3 is 69.5 Å². The summed E-state index contributed by atoms with van der Waals surface area (Å²) in [7, 11) is -3.47. The van der Waals surface area contributed by atoms with Gasteiger partial charge in [0.25, 0.3) is 0 Å². The first-order valence-electron chi connectivity index (χ1n) is 28.1. The average molecular weight is 1230 g/mol. The number of ether oxygens (including phenoxy) is 6. The van der Waals surface area contributed by atoms with Gasteiger partial charge in [0.05, 0.1) is 117 Å². The number of phenolic OH excluding ortho intramolecular Hbond substituents is 1. The number of benzene rings is 4. The van der Waals surface area contributed by atoms with Crippen LogP contribution in [0.5, 0.6) is 5.75 Å². The van der Waals surface area contributed by atoms with Gasteiger partial charge in [0.15, 0.2) is 32.1 Å². The number of aryl methyl sites for hydroxylation is 1. The second-order valence-corrected chi connectivity index (χ2v) is 23.3. The summed E-state index contributed by atoms with van der Waals surface area (Å²) in [6, 6.07) is 33.3. The van der Waals surface area contributed by atoms with Crippen LogP contribution in [0.3, 0.4) is 0 Å². The number of rotatable bonds is 22. The van der Waals surface area contributed by atoms with Gasteiger partial charge in [-0.05, 0) is 72.1 Å². The van der Waals surface area contributed by atoms with Crippen LogP contribution in [0.1, 0.15) is 17.7 Å². The third kappa shape index (κ3) is 16.8. The lowest BCUT2D eigenvalue weighted by atomic mass is 10.0. The number of hydrogen-bond acceptors (Lipinski definition) is 20.